The molecule has 2 nitrogen and oxygen atoms in total. The minimum absolute atomic E-state index is 0.220. The molecule has 0 saturated heterocycles. The molecule has 0 bridgehead atoms. The summed E-state index contributed by atoms with van der Waals surface area (Å²) in [4.78, 5) is 11.1. The fraction of sp³-hybridized carbons (Fsp3) is 0.700. The summed E-state index contributed by atoms with van der Waals surface area (Å²) in [6.07, 6.45) is 2.90. The summed E-state index contributed by atoms with van der Waals surface area (Å²) in [5.74, 6) is 0.0243. The third-order valence-electron chi connectivity index (χ3n) is 2.41. The van der Waals surface area contributed by atoms with Gasteiger partial charge in [-0.3, -0.25) is 0 Å². The zero-order valence-electron chi connectivity index (χ0n) is 8.26. The van der Waals surface area contributed by atoms with Gasteiger partial charge in [-0.2, -0.15) is 0 Å². The largest absolute Gasteiger partial charge is 0.462 e. The predicted octanol–water partition coefficient (Wildman–Crippen LogP) is 2.72. The molecule has 0 N–H and O–H groups in total. The van der Waals surface area contributed by atoms with E-state index >= 15 is 0 Å². The maximum absolute atomic E-state index is 11.1. The van der Waals surface area contributed by atoms with Crippen molar-refractivity contribution in [1.82, 2.24) is 0 Å². The van der Waals surface area contributed by atoms with Crippen LogP contribution >= 0.6 is 11.6 Å². The Labute approximate surface area is 83.9 Å². The second-order valence-corrected chi connectivity index (χ2v) is 4.44. The smallest absolute Gasteiger partial charge is 0.349 e. The van der Waals surface area contributed by atoms with Crippen LogP contribution in [0.3, 0.4) is 0 Å². The highest BCUT2D eigenvalue weighted by Crippen LogP contribution is 2.53. The highest BCUT2D eigenvalue weighted by atomic mass is 35.5. The summed E-state index contributed by atoms with van der Waals surface area (Å²) in [6, 6.07) is 0. The van der Waals surface area contributed by atoms with Gasteiger partial charge in [-0.25, -0.2) is 4.79 Å². The van der Waals surface area contributed by atoms with Crippen molar-refractivity contribution in [2.24, 2.45) is 11.3 Å². The van der Waals surface area contributed by atoms with Crippen molar-refractivity contribution >= 4 is 17.6 Å². The molecule has 74 valence electrons. The van der Waals surface area contributed by atoms with Crippen molar-refractivity contribution in [3.63, 3.8) is 0 Å². The molecule has 0 aliphatic heterocycles. The molecule has 1 aliphatic carbocycles. The first-order chi connectivity index (χ1) is 5.97. The summed E-state index contributed by atoms with van der Waals surface area (Å²) in [5, 5.41) is 0.220. The van der Waals surface area contributed by atoms with Gasteiger partial charge in [-0.1, -0.05) is 31.5 Å². The van der Waals surface area contributed by atoms with Crippen molar-refractivity contribution in [1.29, 1.82) is 0 Å². The summed E-state index contributed by atoms with van der Waals surface area (Å²) in [6.45, 7) is 6.45. The Morgan fingerprint density at radius 3 is 2.62 bits per heavy atom. The first-order valence-electron chi connectivity index (χ1n) is 4.52. The standard InChI is InChI=1S/C10H15ClO2/c1-4-13-9(12)8(11)5-7-6-10(7,2)3/h5,7H,4,6H2,1-3H3/b8-5-. The number of hydrogen-bond acceptors (Lipinski definition) is 2. The van der Waals surface area contributed by atoms with E-state index in [1.54, 1.807) is 13.0 Å². The second-order valence-electron chi connectivity index (χ2n) is 4.03. The predicted molar refractivity (Wildman–Crippen MR) is 52.5 cm³/mol. The van der Waals surface area contributed by atoms with Crippen molar-refractivity contribution in [2.75, 3.05) is 6.61 Å². The lowest BCUT2D eigenvalue weighted by Crippen LogP contribution is -2.04. The third-order valence-corrected chi connectivity index (χ3v) is 2.69. The van der Waals surface area contributed by atoms with Gasteiger partial charge in [-0.05, 0) is 24.7 Å². The van der Waals surface area contributed by atoms with E-state index in [1.807, 2.05) is 0 Å². The molecule has 1 atom stereocenters. The number of hydrogen-bond donors (Lipinski definition) is 0. The Balaban J connectivity index is 2.48. The van der Waals surface area contributed by atoms with E-state index in [0.29, 0.717) is 17.9 Å². The van der Waals surface area contributed by atoms with Crippen LogP contribution in [0.5, 0.6) is 0 Å². The van der Waals surface area contributed by atoms with Crippen LogP contribution in [0.1, 0.15) is 27.2 Å². The van der Waals surface area contributed by atoms with Gasteiger partial charge in [0.15, 0.2) is 0 Å². The number of carbonyl (C=O) groups is 1. The van der Waals surface area contributed by atoms with E-state index in [2.05, 4.69) is 13.8 Å². The molecule has 1 saturated carbocycles. The molecule has 0 amide bonds. The average Bonchev–Trinajstić information content (AvgIpc) is 2.59. The molecule has 1 unspecified atom stereocenters. The minimum Gasteiger partial charge on any atom is -0.462 e. The summed E-state index contributed by atoms with van der Waals surface area (Å²) in [7, 11) is 0. The molecular formula is C10H15ClO2. The zero-order valence-corrected chi connectivity index (χ0v) is 9.02. The average molecular weight is 203 g/mol. The van der Waals surface area contributed by atoms with Crippen LogP contribution in [0.2, 0.25) is 0 Å². The van der Waals surface area contributed by atoms with E-state index in [-0.39, 0.29) is 5.03 Å². The molecule has 0 aromatic rings. The molecule has 0 aromatic heterocycles. The normalized spacial score (nSPS) is 25.5. The van der Waals surface area contributed by atoms with E-state index < -0.39 is 5.97 Å². The summed E-state index contributed by atoms with van der Waals surface area (Å²) in [5.41, 5.74) is 0.312. The van der Waals surface area contributed by atoms with Crippen LogP contribution in [0.15, 0.2) is 11.1 Å². The molecule has 1 rings (SSSR count). The molecule has 0 aromatic carbocycles. The molecule has 1 aliphatic rings. The molecule has 0 radical (unpaired) electrons. The maximum atomic E-state index is 11.1. The van der Waals surface area contributed by atoms with E-state index in [1.165, 1.54) is 0 Å². The highest BCUT2D eigenvalue weighted by molar-refractivity contribution is 6.41. The van der Waals surface area contributed by atoms with Gasteiger partial charge in [-0.15, -0.1) is 0 Å². The van der Waals surface area contributed by atoms with Gasteiger partial charge in [0.2, 0.25) is 0 Å². The van der Waals surface area contributed by atoms with Crippen molar-refractivity contribution < 1.29 is 9.53 Å². The van der Waals surface area contributed by atoms with Gasteiger partial charge in [0.1, 0.15) is 5.03 Å². The number of ether oxygens (including phenoxy) is 1. The van der Waals surface area contributed by atoms with Crippen LogP contribution in [0.25, 0.3) is 0 Å². The number of esters is 1. The first kappa shape index (κ1) is 10.6. The Morgan fingerprint density at radius 1 is 1.69 bits per heavy atom. The lowest BCUT2D eigenvalue weighted by Gasteiger charge is -2.00. The monoisotopic (exact) mass is 202 g/mol. The quantitative estimate of drug-likeness (QED) is 0.520. The Bertz CT molecular complexity index is 243. The lowest BCUT2D eigenvalue weighted by atomic mass is 10.1. The van der Waals surface area contributed by atoms with Gasteiger partial charge in [0.05, 0.1) is 6.61 Å². The van der Waals surface area contributed by atoms with E-state index in [4.69, 9.17) is 16.3 Å². The number of halogens is 1. The number of carbonyl (C=O) groups excluding carboxylic acids is 1. The zero-order chi connectivity index (χ0) is 10.1. The van der Waals surface area contributed by atoms with E-state index in [9.17, 15) is 4.79 Å². The molecule has 0 heterocycles. The maximum Gasteiger partial charge on any atom is 0.349 e. The van der Waals surface area contributed by atoms with Gasteiger partial charge < -0.3 is 4.74 Å². The molecule has 3 heteroatoms. The lowest BCUT2D eigenvalue weighted by molar-refractivity contribution is -0.137. The SMILES string of the molecule is CCOC(=O)/C(Cl)=C/C1CC1(C)C. The highest BCUT2D eigenvalue weighted by Gasteiger charge is 2.44. The van der Waals surface area contributed by atoms with Crippen LogP contribution in [0.4, 0.5) is 0 Å². The van der Waals surface area contributed by atoms with Crippen LogP contribution in [-0.4, -0.2) is 12.6 Å². The van der Waals surface area contributed by atoms with Crippen molar-refractivity contribution in [2.45, 2.75) is 27.2 Å². The summed E-state index contributed by atoms with van der Waals surface area (Å²) < 4.78 is 4.76. The molecule has 13 heavy (non-hydrogen) atoms. The van der Waals surface area contributed by atoms with Crippen molar-refractivity contribution in [3.8, 4) is 0 Å². The summed E-state index contributed by atoms with van der Waals surface area (Å²) >= 11 is 5.76. The Morgan fingerprint density at radius 2 is 2.23 bits per heavy atom. The fourth-order valence-corrected chi connectivity index (χ4v) is 1.44. The third kappa shape index (κ3) is 2.73. The van der Waals surface area contributed by atoms with Crippen LogP contribution in [-0.2, 0) is 9.53 Å². The van der Waals surface area contributed by atoms with Crippen LogP contribution in [0, 0.1) is 11.3 Å². The molecular weight excluding hydrogens is 188 g/mol. The first-order valence-corrected chi connectivity index (χ1v) is 4.89. The van der Waals surface area contributed by atoms with Gasteiger partial charge >= 0.3 is 5.97 Å². The van der Waals surface area contributed by atoms with E-state index in [0.717, 1.165) is 6.42 Å². The van der Waals surface area contributed by atoms with Gasteiger partial charge in [0.25, 0.3) is 0 Å². The minimum atomic E-state index is -0.410. The van der Waals surface area contributed by atoms with Crippen LogP contribution < -0.4 is 0 Å². The van der Waals surface area contributed by atoms with Crippen molar-refractivity contribution in [3.05, 3.63) is 11.1 Å². The topological polar surface area (TPSA) is 26.3 Å². The number of allylic oxidation sites excluding steroid dienone is 1. The second kappa shape index (κ2) is 3.70. The van der Waals surface area contributed by atoms with Gasteiger partial charge in [0, 0.05) is 0 Å². The molecule has 1 fully saturated rings. The molecule has 0 spiro atoms. The Kier molecular flexibility index (Phi) is 3.01. The fourth-order valence-electron chi connectivity index (χ4n) is 1.24. The Hall–Kier alpha value is -0.500. The number of rotatable bonds is 3.